The van der Waals surface area contributed by atoms with Crippen LogP contribution in [0.15, 0.2) is 42.5 Å². The number of ketones is 1. The van der Waals surface area contributed by atoms with Crippen molar-refractivity contribution in [3.05, 3.63) is 64.7 Å². The summed E-state index contributed by atoms with van der Waals surface area (Å²) in [5.41, 5.74) is 3.77. The largest absolute Gasteiger partial charge is 0.451 e. The summed E-state index contributed by atoms with van der Waals surface area (Å²) < 4.78 is 5.31. The number of carbonyl (C=O) groups excluding carboxylic acids is 3. The van der Waals surface area contributed by atoms with E-state index in [-0.39, 0.29) is 17.8 Å². The van der Waals surface area contributed by atoms with E-state index in [1.807, 2.05) is 12.1 Å². The number of aryl methyl sites for hydroxylation is 2. The summed E-state index contributed by atoms with van der Waals surface area (Å²) in [6, 6.07) is 13.5. The highest BCUT2D eigenvalue weighted by Crippen LogP contribution is 2.23. The second kappa shape index (κ2) is 8.49. The van der Waals surface area contributed by atoms with Crippen molar-refractivity contribution in [1.82, 2.24) is 0 Å². The number of carbonyl (C=O) groups is 3. The number of nitrogens with one attached hydrogen (secondary N) is 1. The van der Waals surface area contributed by atoms with Crippen molar-refractivity contribution >= 4 is 23.3 Å². The Hall–Kier alpha value is -3.46. The number of nitrogens with zero attached hydrogens (tertiary/aromatic N) is 1. The summed E-state index contributed by atoms with van der Waals surface area (Å²) in [5.74, 6) is -1.27. The number of amides is 1. The lowest BCUT2D eigenvalue weighted by atomic mass is 10.0. The molecule has 2 aromatic rings. The van der Waals surface area contributed by atoms with Crippen LogP contribution in [0, 0.1) is 11.3 Å². The summed E-state index contributed by atoms with van der Waals surface area (Å²) in [6.45, 7) is 1.56. The molecule has 28 heavy (non-hydrogen) atoms. The average molecular weight is 376 g/mol. The molecule has 0 heterocycles. The molecule has 0 spiro atoms. The maximum Gasteiger partial charge on any atom is 0.338 e. The van der Waals surface area contributed by atoms with Gasteiger partial charge in [-0.1, -0.05) is 12.1 Å². The molecule has 1 N–H and O–H groups in total. The Morgan fingerprint density at radius 3 is 2.46 bits per heavy atom. The van der Waals surface area contributed by atoms with Crippen molar-refractivity contribution in [3.63, 3.8) is 0 Å². The molecule has 0 saturated heterocycles. The average Bonchev–Trinajstić information content (AvgIpc) is 3.15. The number of rotatable bonds is 6. The molecule has 0 radical (unpaired) electrons. The molecule has 1 amide bonds. The van der Waals surface area contributed by atoms with Crippen LogP contribution in [0.5, 0.6) is 0 Å². The van der Waals surface area contributed by atoms with Crippen LogP contribution >= 0.6 is 0 Å². The van der Waals surface area contributed by atoms with Crippen LogP contribution in [0.25, 0.3) is 0 Å². The van der Waals surface area contributed by atoms with Crippen molar-refractivity contribution in [3.8, 4) is 6.07 Å². The molecule has 0 saturated carbocycles. The topological polar surface area (TPSA) is 96.3 Å². The highest BCUT2D eigenvalue weighted by Gasteiger charge is 2.22. The van der Waals surface area contributed by atoms with Gasteiger partial charge in [0.25, 0.3) is 0 Å². The maximum atomic E-state index is 12.6. The Kier molecular flexibility index (Phi) is 5.85. The Bertz CT molecular complexity index is 957. The molecular formula is C22H20N2O4. The second-order valence-electron chi connectivity index (χ2n) is 6.71. The zero-order chi connectivity index (χ0) is 20.1. The quantitative estimate of drug-likeness (QED) is 0.615. The fourth-order valence-corrected chi connectivity index (χ4v) is 3.21. The molecular weight excluding hydrogens is 356 g/mol. The van der Waals surface area contributed by atoms with Gasteiger partial charge < -0.3 is 10.1 Å². The van der Waals surface area contributed by atoms with Crippen LogP contribution in [0.3, 0.4) is 0 Å². The first-order valence-electron chi connectivity index (χ1n) is 9.12. The molecule has 0 bridgehead atoms. The van der Waals surface area contributed by atoms with Gasteiger partial charge >= 0.3 is 5.97 Å². The van der Waals surface area contributed by atoms with Gasteiger partial charge in [-0.2, -0.15) is 5.26 Å². The van der Waals surface area contributed by atoms with E-state index in [1.54, 1.807) is 31.2 Å². The van der Waals surface area contributed by atoms with Gasteiger partial charge in [0.2, 0.25) is 11.7 Å². The Labute approximate surface area is 163 Å². The van der Waals surface area contributed by atoms with Crippen LogP contribution in [-0.4, -0.2) is 23.8 Å². The van der Waals surface area contributed by atoms with Crippen LogP contribution in [0.4, 0.5) is 5.69 Å². The Morgan fingerprint density at radius 2 is 1.75 bits per heavy atom. The second-order valence-corrected chi connectivity index (χ2v) is 6.71. The molecule has 1 aliphatic carbocycles. The molecule has 0 aromatic heterocycles. The number of Topliss-reactive ketones (excluding diaryl/α,β-unsaturated/α-hetero) is 1. The SMILES string of the molecule is C[C@H](OC(=O)c1ccc(NC(=O)CC#N)cc1)C(=O)c1ccc2c(c1)CCC2. The van der Waals surface area contributed by atoms with Crippen molar-refractivity contribution in [2.24, 2.45) is 0 Å². The Balaban J connectivity index is 1.61. The standard InChI is InChI=1S/C22H20N2O4/c1-14(21(26)18-6-5-15-3-2-4-17(15)13-18)28-22(27)16-7-9-19(10-8-16)24-20(25)11-12-23/h5-10,13-14H,2-4,11H2,1H3,(H,24,25)/t14-/m0/s1. The number of hydrogen-bond donors (Lipinski definition) is 1. The normalized spacial score (nSPS) is 13.1. The lowest BCUT2D eigenvalue weighted by molar-refractivity contribution is -0.115. The molecule has 6 heteroatoms. The number of hydrogen-bond acceptors (Lipinski definition) is 5. The number of benzene rings is 2. The van der Waals surface area contributed by atoms with Crippen molar-refractivity contribution in [2.75, 3.05) is 5.32 Å². The summed E-state index contributed by atoms with van der Waals surface area (Å²) in [7, 11) is 0. The van der Waals surface area contributed by atoms with Crippen molar-refractivity contribution in [1.29, 1.82) is 5.26 Å². The van der Waals surface area contributed by atoms with Gasteiger partial charge in [0, 0.05) is 11.3 Å². The number of nitriles is 1. The van der Waals surface area contributed by atoms with Crippen molar-refractivity contribution < 1.29 is 19.1 Å². The first-order chi connectivity index (χ1) is 13.5. The molecule has 2 aromatic carbocycles. The fourth-order valence-electron chi connectivity index (χ4n) is 3.21. The van der Waals surface area contributed by atoms with E-state index in [9.17, 15) is 14.4 Å². The summed E-state index contributed by atoms with van der Waals surface area (Å²) in [6.07, 6.45) is 1.97. The number of ether oxygens (including phenoxy) is 1. The van der Waals surface area contributed by atoms with Crippen LogP contribution in [0.2, 0.25) is 0 Å². The molecule has 1 atom stereocenters. The van der Waals surface area contributed by atoms with E-state index in [4.69, 9.17) is 10.00 Å². The lowest BCUT2D eigenvalue weighted by Gasteiger charge is -2.13. The van der Waals surface area contributed by atoms with Gasteiger partial charge in [0.05, 0.1) is 11.6 Å². The molecule has 142 valence electrons. The predicted octanol–water partition coefficient (Wildman–Crippen LogP) is 3.46. The van der Waals surface area contributed by atoms with Crippen LogP contribution in [0.1, 0.15) is 51.6 Å². The fraction of sp³-hybridized carbons (Fsp3) is 0.273. The lowest BCUT2D eigenvalue weighted by Crippen LogP contribution is -2.24. The summed E-state index contributed by atoms with van der Waals surface area (Å²) >= 11 is 0. The molecule has 0 fully saturated rings. The molecule has 3 rings (SSSR count). The van der Waals surface area contributed by atoms with Gasteiger partial charge in [0.15, 0.2) is 6.10 Å². The van der Waals surface area contributed by atoms with E-state index >= 15 is 0 Å². The molecule has 0 aliphatic heterocycles. The summed E-state index contributed by atoms with van der Waals surface area (Å²) in [4.78, 5) is 36.3. The van der Waals surface area contributed by atoms with Gasteiger partial charge in [-0.3, -0.25) is 9.59 Å². The first-order valence-corrected chi connectivity index (χ1v) is 9.12. The highest BCUT2D eigenvalue weighted by molar-refractivity contribution is 6.01. The Morgan fingerprint density at radius 1 is 1.07 bits per heavy atom. The third kappa shape index (κ3) is 4.44. The van der Waals surface area contributed by atoms with Gasteiger partial charge in [0.1, 0.15) is 6.42 Å². The van der Waals surface area contributed by atoms with E-state index in [0.717, 1.165) is 19.3 Å². The minimum absolute atomic E-state index is 0.233. The predicted molar refractivity (Wildman–Crippen MR) is 103 cm³/mol. The number of esters is 1. The highest BCUT2D eigenvalue weighted by atomic mass is 16.5. The monoisotopic (exact) mass is 376 g/mol. The third-order valence-corrected chi connectivity index (χ3v) is 4.68. The van der Waals surface area contributed by atoms with E-state index in [0.29, 0.717) is 11.3 Å². The molecule has 6 nitrogen and oxygen atoms in total. The van der Waals surface area contributed by atoms with Crippen LogP contribution < -0.4 is 5.32 Å². The number of fused-ring (bicyclic) bond motifs is 1. The minimum atomic E-state index is -0.901. The van der Waals surface area contributed by atoms with E-state index in [2.05, 4.69) is 5.32 Å². The van der Waals surface area contributed by atoms with Crippen LogP contribution in [-0.2, 0) is 22.4 Å². The summed E-state index contributed by atoms with van der Waals surface area (Å²) in [5, 5.41) is 11.0. The first kappa shape index (κ1) is 19.3. The third-order valence-electron chi connectivity index (χ3n) is 4.68. The zero-order valence-electron chi connectivity index (χ0n) is 15.5. The zero-order valence-corrected chi connectivity index (χ0v) is 15.5. The molecule has 1 aliphatic rings. The molecule has 0 unspecified atom stereocenters. The van der Waals surface area contributed by atoms with Gasteiger partial charge in [-0.05, 0) is 67.6 Å². The number of anilines is 1. The van der Waals surface area contributed by atoms with Gasteiger partial charge in [-0.25, -0.2) is 4.79 Å². The minimum Gasteiger partial charge on any atom is -0.451 e. The maximum absolute atomic E-state index is 12.6. The van der Waals surface area contributed by atoms with Gasteiger partial charge in [-0.15, -0.1) is 0 Å². The van der Waals surface area contributed by atoms with E-state index < -0.39 is 18.0 Å². The van der Waals surface area contributed by atoms with Crippen molar-refractivity contribution in [2.45, 2.75) is 38.7 Å². The van der Waals surface area contributed by atoms with E-state index in [1.165, 1.54) is 23.3 Å². The smallest absolute Gasteiger partial charge is 0.338 e.